The molecular formula is C27H31ClFN3O2S. The van der Waals surface area contributed by atoms with Crippen molar-refractivity contribution in [3.63, 3.8) is 0 Å². The monoisotopic (exact) mass is 515 g/mol. The highest BCUT2D eigenvalue weighted by atomic mass is 35.5. The first-order valence-electron chi connectivity index (χ1n) is 11.2. The minimum absolute atomic E-state index is 0. The normalized spacial score (nSPS) is 11.9. The highest BCUT2D eigenvalue weighted by Gasteiger charge is 2.23. The Hall–Kier alpha value is -2.87. The number of hydrogen-bond donors (Lipinski definition) is 2. The lowest BCUT2D eigenvalue weighted by atomic mass is 9.87. The number of aryl methyl sites for hydroxylation is 1. The molecule has 35 heavy (non-hydrogen) atoms. The molecule has 1 heterocycles. The van der Waals surface area contributed by atoms with E-state index >= 15 is 0 Å². The fourth-order valence-electron chi connectivity index (χ4n) is 3.99. The van der Waals surface area contributed by atoms with E-state index < -0.39 is 10.0 Å². The molecule has 0 amide bonds. The number of fused-ring (bicyclic) bond motifs is 1. The highest BCUT2D eigenvalue weighted by Crippen LogP contribution is 2.31. The summed E-state index contributed by atoms with van der Waals surface area (Å²) in [6, 6.07) is 17.4. The number of halogens is 2. The molecule has 0 unspecified atom stereocenters. The Balaban J connectivity index is 0.00000342. The Bertz CT molecular complexity index is 1460. The molecule has 0 radical (unpaired) electrons. The van der Waals surface area contributed by atoms with E-state index in [2.05, 4.69) is 31.4 Å². The standard InChI is InChI=1S/C27H30FN3O2S.ClH/c1-18-6-13-25(24(28)14-18)30-21-9-12-23-19(16-29-5)17-31(26(23)15-21)34(32,33)22-10-7-20(8-11-22)27(2,3)4;/h6-15,17,29-30H,16H2,1-5H3;1H. The van der Waals surface area contributed by atoms with Gasteiger partial charge in [-0.25, -0.2) is 16.8 Å². The van der Waals surface area contributed by atoms with Gasteiger partial charge in [-0.2, -0.15) is 0 Å². The van der Waals surface area contributed by atoms with Crippen molar-refractivity contribution in [3.8, 4) is 0 Å². The molecule has 0 spiro atoms. The van der Waals surface area contributed by atoms with Crippen molar-refractivity contribution in [2.75, 3.05) is 12.4 Å². The fourth-order valence-corrected chi connectivity index (χ4v) is 5.37. The molecule has 0 bridgehead atoms. The van der Waals surface area contributed by atoms with Gasteiger partial charge in [0.15, 0.2) is 0 Å². The van der Waals surface area contributed by atoms with Gasteiger partial charge in [0, 0.05) is 23.8 Å². The van der Waals surface area contributed by atoms with Gasteiger partial charge in [0.1, 0.15) is 5.82 Å². The summed E-state index contributed by atoms with van der Waals surface area (Å²) in [5, 5.41) is 6.99. The van der Waals surface area contributed by atoms with Crippen LogP contribution >= 0.6 is 12.4 Å². The Morgan fingerprint density at radius 3 is 2.26 bits per heavy atom. The topological polar surface area (TPSA) is 63.1 Å². The highest BCUT2D eigenvalue weighted by molar-refractivity contribution is 7.90. The Kier molecular flexibility index (Phi) is 7.65. The fraction of sp³-hybridized carbons (Fsp3) is 0.259. The number of benzene rings is 3. The van der Waals surface area contributed by atoms with Crippen LogP contribution in [0.4, 0.5) is 15.8 Å². The summed E-state index contributed by atoms with van der Waals surface area (Å²) in [5.74, 6) is -0.363. The molecule has 186 valence electrons. The largest absolute Gasteiger partial charge is 0.353 e. The summed E-state index contributed by atoms with van der Waals surface area (Å²) in [6.45, 7) is 8.61. The van der Waals surface area contributed by atoms with Gasteiger partial charge in [-0.3, -0.25) is 0 Å². The van der Waals surface area contributed by atoms with Crippen molar-refractivity contribution in [1.29, 1.82) is 0 Å². The zero-order chi connectivity index (χ0) is 24.7. The van der Waals surface area contributed by atoms with Gasteiger partial charge >= 0.3 is 0 Å². The van der Waals surface area contributed by atoms with E-state index in [-0.39, 0.29) is 28.5 Å². The minimum atomic E-state index is -3.84. The van der Waals surface area contributed by atoms with Crippen LogP contribution in [0.2, 0.25) is 0 Å². The molecular weight excluding hydrogens is 485 g/mol. The van der Waals surface area contributed by atoms with E-state index in [0.29, 0.717) is 23.4 Å². The predicted molar refractivity (Wildman–Crippen MR) is 144 cm³/mol. The van der Waals surface area contributed by atoms with Crippen LogP contribution in [0.1, 0.15) is 37.5 Å². The average molecular weight is 516 g/mol. The molecule has 4 rings (SSSR count). The molecule has 2 N–H and O–H groups in total. The Morgan fingerprint density at radius 1 is 0.971 bits per heavy atom. The lowest BCUT2D eigenvalue weighted by molar-refractivity contribution is 0.583. The maximum atomic E-state index is 14.4. The van der Waals surface area contributed by atoms with Gasteiger partial charge in [-0.15, -0.1) is 12.4 Å². The van der Waals surface area contributed by atoms with Crippen molar-refractivity contribution in [1.82, 2.24) is 9.29 Å². The van der Waals surface area contributed by atoms with Crippen molar-refractivity contribution in [3.05, 3.63) is 89.4 Å². The molecule has 0 atom stereocenters. The van der Waals surface area contributed by atoms with Crippen molar-refractivity contribution < 1.29 is 12.8 Å². The second-order valence-electron chi connectivity index (χ2n) is 9.60. The van der Waals surface area contributed by atoms with Gasteiger partial charge in [0.25, 0.3) is 10.0 Å². The molecule has 0 saturated heterocycles. The van der Waals surface area contributed by atoms with Gasteiger partial charge in [-0.1, -0.05) is 45.0 Å². The number of aromatic nitrogens is 1. The summed E-state index contributed by atoms with van der Waals surface area (Å²) >= 11 is 0. The first-order valence-corrected chi connectivity index (χ1v) is 12.6. The SMILES string of the molecule is CNCc1cn(S(=O)(=O)c2ccc(C(C)(C)C)cc2)c2cc(Nc3ccc(C)cc3F)ccc12.Cl. The molecule has 5 nitrogen and oxygen atoms in total. The van der Waals surface area contributed by atoms with E-state index in [1.165, 1.54) is 10.0 Å². The van der Waals surface area contributed by atoms with E-state index in [4.69, 9.17) is 0 Å². The second-order valence-corrected chi connectivity index (χ2v) is 11.4. The maximum Gasteiger partial charge on any atom is 0.268 e. The Labute approximate surface area is 212 Å². The number of nitrogens with zero attached hydrogens (tertiary/aromatic N) is 1. The molecule has 3 aromatic carbocycles. The van der Waals surface area contributed by atoms with Crippen molar-refractivity contribution in [2.24, 2.45) is 0 Å². The van der Waals surface area contributed by atoms with E-state index in [1.54, 1.807) is 30.5 Å². The third-order valence-electron chi connectivity index (χ3n) is 5.90. The van der Waals surface area contributed by atoms with Gasteiger partial charge < -0.3 is 10.6 Å². The zero-order valence-corrected chi connectivity index (χ0v) is 22.1. The summed E-state index contributed by atoms with van der Waals surface area (Å²) in [5.41, 5.74) is 4.14. The van der Waals surface area contributed by atoms with Crippen LogP contribution < -0.4 is 10.6 Å². The molecule has 4 aromatic rings. The molecule has 0 aliphatic rings. The molecule has 8 heteroatoms. The molecule has 0 fully saturated rings. The van der Waals surface area contributed by atoms with Crippen LogP contribution in [0.3, 0.4) is 0 Å². The number of hydrogen-bond acceptors (Lipinski definition) is 4. The average Bonchev–Trinajstić information content (AvgIpc) is 3.14. The van der Waals surface area contributed by atoms with Crippen LogP contribution in [0.25, 0.3) is 10.9 Å². The first kappa shape index (κ1) is 26.7. The maximum absolute atomic E-state index is 14.4. The van der Waals surface area contributed by atoms with Crippen molar-refractivity contribution in [2.45, 2.75) is 44.6 Å². The van der Waals surface area contributed by atoms with Crippen LogP contribution in [-0.4, -0.2) is 19.4 Å². The molecule has 1 aromatic heterocycles. The van der Waals surface area contributed by atoms with Crippen molar-refractivity contribution >= 4 is 44.7 Å². The summed E-state index contributed by atoms with van der Waals surface area (Å²) < 4.78 is 43.0. The van der Waals surface area contributed by atoms with Gasteiger partial charge in [0.05, 0.1) is 16.1 Å². The molecule has 0 saturated carbocycles. The van der Waals surface area contributed by atoms with Crippen LogP contribution in [0.5, 0.6) is 0 Å². The lowest BCUT2D eigenvalue weighted by Crippen LogP contribution is -2.14. The summed E-state index contributed by atoms with van der Waals surface area (Å²) in [7, 11) is -2.02. The number of nitrogens with one attached hydrogen (secondary N) is 2. The van der Waals surface area contributed by atoms with E-state index in [1.807, 2.05) is 44.3 Å². The number of rotatable bonds is 6. The third-order valence-corrected chi connectivity index (χ3v) is 7.59. The van der Waals surface area contributed by atoms with Crippen LogP contribution in [-0.2, 0) is 22.0 Å². The smallest absolute Gasteiger partial charge is 0.268 e. The first-order chi connectivity index (χ1) is 16.0. The summed E-state index contributed by atoms with van der Waals surface area (Å²) in [6.07, 6.45) is 1.66. The lowest BCUT2D eigenvalue weighted by Gasteiger charge is -2.19. The van der Waals surface area contributed by atoms with Crippen LogP contribution in [0, 0.1) is 12.7 Å². The van der Waals surface area contributed by atoms with Gasteiger partial charge in [-0.05, 0) is 72.5 Å². The van der Waals surface area contributed by atoms with Gasteiger partial charge in [0.2, 0.25) is 0 Å². The quantitative estimate of drug-likeness (QED) is 0.307. The molecule has 0 aliphatic heterocycles. The predicted octanol–water partition coefficient (Wildman–Crippen LogP) is 6.51. The molecule has 0 aliphatic carbocycles. The third kappa shape index (κ3) is 5.37. The number of anilines is 2. The minimum Gasteiger partial charge on any atom is -0.353 e. The Morgan fingerprint density at radius 2 is 1.66 bits per heavy atom. The van der Waals surface area contributed by atoms with Crippen LogP contribution in [0.15, 0.2) is 71.8 Å². The van der Waals surface area contributed by atoms with E-state index in [9.17, 15) is 12.8 Å². The summed E-state index contributed by atoms with van der Waals surface area (Å²) in [4.78, 5) is 0.219. The van der Waals surface area contributed by atoms with E-state index in [0.717, 1.165) is 22.1 Å². The second kappa shape index (κ2) is 10.0. The zero-order valence-electron chi connectivity index (χ0n) is 20.5.